The lowest BCUT2D eigenvalue weighted by Gasteiger charge is -2.30. The number of methoxy groups -OCH3 is 1. The molecule has 25 heteroatoms. The van der Waals surface area contributed by atoms with E-state index in [1.165, 1.54) is 6.20 Å². The minimum absolute atomic E-state index is 0.0369. The summed E-state index contributed by atoms with van der Waals surface area (Å²) in [7, 11) is -9.19. The van der Waals surface area contributed by atoms with Gasteiger partial charge in [0.05, 0.1) is 25.7 Å². The second-order valence-electron chi connectivity index (χ2n) is 9.79. The maximum atomic E-state index is 13.3. The lowest BCUT2D eigenvalue weighted by molar-refractivity contribution is -0.113. The van der Waals surface area contributed by atoms with Gasteiger partial charge in [-0.25, -0.2) is 24.1 Å². The van der Waals surface area contributed by atoms with Crippen molar-refractivity contribution in [1.82, 2.24) is 39.1 Å². The van der Waals surface area contributed by atoms with E-state index in [-0.39, 0.29) is 34.3 Å². The van der Waals surface area contributed by atoms with Gasteiger partial charge in [-0.05, 0) is 0 Å². The zero-order valence-electron chi connectivity index (χ0n) is 22.8. The molecule has 0 amide bonds. The van der Waals surface area contributed by atoms with Crippen LogP contribution in [-0.4, -0.2) is 110 Å². The summed E-state index contributed by atoms with van der Waals surface area (Å²) < 4.78 is 60.2. The molecule has 4 aromatic heterocycles. The van der Waals surface area contributed by atoms with E-state index in [1.807, 2.05) is 0 Å². The van der Waals surface area contributed by atoms with Crippen molar-refractivity contribution in [3.05, 3.63) is 34.8 Å². The summed E-state index contributed by atoms with van der Waals surface area (Å²) in [4.78, 5) is 51.6. The summed E-state index contributed by atoms with van der Waals surface area (Å²) in [5.74, 6) is -0.384. The summed E-state index contributed by atoms with van der Waals surface area (Å²) in [6.45, 7) is -1.72. The van der Waals surface area contributed by atoms with E-state index in [0.29, 0.717) is 0 Å². The highest BCUT2D eigenvalue weighted by Crippen LogP contribution is 2.53. The Kier molecular flexibility index (Phi) is 8.22. The van der Waals surface area contributed by atoms with E-state index in [0.717, 1.165) is 28.8 Å². The molecule has 0 radical (unpaired) electrons. The Morgan fingerprint density at radius 3 is 2.53 bits per heavy atom. The largest absolute Gasteiger partial charge is 0.474 e. The first kappa shape index (κ1) is 31.5. The number of hydrogen-bond donors (Lipinski definition) is 7. The molecule has 0 bridgehead atoms. The molecule has 2 aliphatic heterocycles. The molecule has 2 fully saturated rings. The van der Waals surface area contributed by atoms with Crippen LogP contribution in [0.2, 0.25) is 0 Å². The highest BCUT2D eigenvalue weighted by atomic mass is 31.2. The number of imidazole rings is 1. The fourth-order valence-electron chi connectivity index (χ4n) is 4.89. The smallest absolute Gasteiger partial charge is 0.387 e. The number of nitrogens with zero attached hydrogens (tertiary/aromatic N) is 7. The predicted molar refractivity (Wildman–Crippen MR) is 145 cm³/mol. The van der Waals surface area contributed by atoms with E-state index in [1.54, 1.807) is 0 Å². The predicted octanol–water partition coefficient (Wildman–Crippen LogP) is -2.25. The number of nitrogen functional groups attached to an aromatic ring is 2. The number of phosphoric ester groups is 2. The van der Waals surface area contributed by atoms with Crippen LogP contribution in [0.25, 0.3) is 16.8 Å². The molecule has 0 spiro atoms. The first-order chi connectivity index (χ1) is 21.3. The van der Waals surface area contributed by atoms with Gasteiger partial charge >= 0.3 is 15.6 Å². The summed E-state index contributed by atoms with van der Waals surface area (Å²) in [5.41, 5.74) is 10.5. The van der Waals surface area contributed by atoms with Crippen LogP contribution in [0.5, 0.6) is 0 Å². The van der Waals surface area contributed by atoms with Crippen molar-refractivity contribution >= 4 is 44.4 Å². The van der Waals surface area contributed by atoms with Gasteiger partial charge in [0.25, 0.3) is 5.56 Å². The molecule has 6 heterocycles. The summed E-state index contributed by atoms with van der Waals surface area (Å²) in [6, 6.07) is 0. The number of nitrogens with one attached hydrogen (secondary N) is 1. The monoisotopic (exact) mass is 676 g/mol. The summed E-state index contributed by atoms with van der Waals surface area (Å²) in [5, 5.41) is 26.4. The molecule has 45 heavy (non-hydrogen) atoms. The lowest BCUT2D eigenvalue weighted by atomic mass is 10.0. The van der Waals surface area contributed by atoms with Gasteiger partial charge in [0.1, 0.15) is 43.0 Å². The molecule has 0 saturated carbocycles. The second kappa shape index (κ2) is 11.7. The number of hydrogen-bond acceptors (Lipinski definition) is 18. The van der Waals surface area contributed by atoms with Gasteiger partial charge in [-0.1, -0.05) is 0 Å². The number of ether oxygens (including phenoxy) is 2. The highest BCUT2D eigenvalue weighted by molar-refractivity contribution is 7.47. The van der Waals surface area contributed by atoms with E-state index in [9.17, 15) is 33.9 Å². The Morgan fingerprint density at radius 2 is 1.78 bits per heavy atom. The van der Waals surface area contributed by atoms with Crippen LogP contribution in [0, 0.1) is 0 Å². The summed E-state index contributed by atoms with van der Waals surface area (Å²) in [6.07, 6.45) is -8.30. The molecular weight excluding hydrogens is 650 g/mol. The molecule has 0 aromatic carbocycles. The number of aliphatic hydroxyl groups excluding tert-OH is 2. The van der Waals surface area contributed by atoms with Gasteiger partial charge in [0, 0.05) is 12.7 Å². The lowest BCUT2D eigenvalue weighted by Crippen LogP contribution is -2.40. The molecule has 0 aliphatic carbocycles. The number of phosphoric acid groups is 2. The number of aliphatic hydroxyl groups is 2. The topological polar surface area (TPSA) is 329 Å². The first-order valence-corrected chi connectivity index (χ1v) is 15.8. The Morgan fingerprint density at radius 1 is 1.04 bits per heavy atom. The fourth-order valence-corrected chi connectivity index (χ4v) is 6.75. The molecular formula is C20H26N10O13P2. The molecule has 23 nitrogen and oxygen atoms in total. The van der Waals surface area contributed by atoms with E-state index in [4.69, 9.17) is 39.0 Å². The number of rotatable bonds is 3. The molecule has 6 rings (SSSR count). The number of fused-ring (bicyclic) bond motifs is 3. The van der Waals surface area contributed by atoms with Crippen molar-refractivity contribution < 1.29 is 56.7 Å². The Balaban J connectivity index is 1.36. The van der Waals surface area contributed by atoms with E-state index >= 15 is 0 Å². The third-order valence-electron chi connectivity index (χ3n) is 7.00. The average molecular weight is 676 g/mol. The number of anilines is 2. The second-order valence-corrected chi connectivity index (χ2v) is 12.6. The number of nitrogens with two attached hydrogens (primary N) is 2. The Bertz CT molecular complexity index is 1880. The molecule has 244 valence electrons. The Hall–Kier alpha value is -3.44. The highest BCUT2D eigenvalue weighted by Gasteiger charge is 2.51. The average Bonchev–Trinajstić information content (AvgIpc) is 3.67. The minimum atomic E-state index is -5.20. The maximum absolute atomic E-state index is 13.3. The Labute approximate surface area is 249 Å². The molecule has 2 aliphatic rings. The van der Waals surface area contributed by atoms with Crippen molar-refractivity contribution in [2.75, 3.05) is 31.8 Å². The van der Waals surface area contributed by atoms with Crippen LogP contribution in [0.4, 0.5) is 11.9 Å². The van der Waals surface area contributed by atoms with Crippen LogP contribution in [0.15, 0.2) is 23.6 Å². The fraction of sp³-hybridized carbons (Fsp3) is 0.500. The van der Waals surface area contributed by atoms with Crippen molar-refractivity contribution in [3.8, 4) is 0 Å². The third kappa shape index (κ3) is 5.96. The van der Waals surface area contributed by atoms with Gasteiger partial charge in [0.2, 0.25) is 11.9 Å². The first-order valence-electron chi connectivity index (χ1n) is 12.8. The van der Waals surface area contributed by atoms with Crippen LogP contribution < -0.4 is 17.0 Å². The quantitative estimate of drug-likeness (QED) is 0.113. The SMILES string of the molecule is CO[C@@H]1COP(=O)(O)O[C@H]2[C@@H](O)[C@H](c3cnn4c(N)ncnc34)O[C@@H]2COP(=O)(O)O[C@@H](n2cnc3c(=O)[nH]c(N)nc32)[C@@H]1O. The van der Waals surface area contributed by atoms with E-state index < -0.39 is 77.3 Å². The van der Waals surface area contributed by atoms with Crippen LogP contribution in [0.1, 0.15) is 17.9 Å². The molecule has 4 aromatic rings. The van der Waals surface area contributed by atoms with Crippen LogP contribution in [0.3, 0.4) is 0 Å². The van der Waals surface area contributed by atoms with Gasteiger partial charge in [-0.3, -0.25) is 32.4 Å². The molecule has 9 N–H and O–H groups in total. The number of aromatic amines is 1. The molecule has 2 saturated heterocycles. The molecule has 9 atom stereocenters. The van der Waals surface area contributed by atoms with Gasteiger partial charge < -0.3 is 40.9 Å². The number of aromatic nitrogens is 8. The van der Waals surface area contributed by atoms with Crippen LogP contribution >= 0.6 is 15.6 Å². The van der Waals surface area contributed by atoms with Gasteiger partial charge in [-0.15, -0.1) is 0 Å². The maximum Gasteiger partial charge on any atom is 0.474 e. The standard InChI is InChI=1S/C20H26N10O13P2/c1-38-8-3-39-44(34,35)42-14-9(41-13(12(14)32)7-2-26-30-15(7)23-5-24-20(30)22)4-40-45(36,37)43-18(11(8)31)29-6-25-10-16(29)27-19(21)28-17(10)33/h2,5-6,8-9,11-14,18,31-32H,3-4H2,1H3,(H,34,35)(H,36,37)(H2,22,23,24)(H3,21,27,28,33)/t8-,9-,11-,12+,13+,14-,18-/m1/s1. The minimum Gasteiger partial charge on any atom is -0.387 e. The summed E-state index contributed by atoms with van der Waals surface area (Å²) >= 11 is 0. The van der Waals surface area contributed by atoms with Crippen molar-refractivity contribution in [2.45, 2.75) is 42.9 Å². The van der Waals surface area contributed by atoms with Gasteiger partial charge in [-0.2, -0.15) is 14.6 Å². The van der Waals surface area contributed by atoms with Gasteiger partial charge in [0.15, 0.2) is 23.0 Å². The van der Waals surface area contributed by atoms with E-state index in [2.05, 4.69) is 30.0 Å². The number of H-pyrrole nitrogens is 1. The molecule has 2 unspecified atom stereocenters. The van der Waals surface area contributed by atoms with Crippen molar-refractivity contribution in [2.24, 2.45) is 0 Å². The zero-order chi connectivity index (χ0) is 32.3. The van der Waals surface area contributed by atoms with Crippen molar-refractivity contribution in [3.63, 3.8) is 0 Å². The zero-order valence-corrected chi connectivity index (χ0v) is 24.6. The third-order valence-corrected chi connectivity index (χ3v) is 8.94. The normalized spacial score (nSPS) is 35.1. The van der Waals surface area contributed by atoms with Crippen molar-refractivity contribution in [1.29, 1.82) is 0 Å². The van der Waals surface area contributed by atoms with Crippen LogP contribution in [-0.2, 0) is 36.7 Å².